The van der Waals surface area contributed by atoms with E-state index in [2.05, 4.69) is 0 Å². The van der Waals surface area contributed by atoms with Crippen LogP contribution in [0.3, 0.4) is 0 Å². The normalized spacial score (nSPS) is 11.2. The molecule has 0 aliphatic carbocycles. The predicted molar refractivity (Wildman–Crippen MR) is 129 cm³/mol. The van der Waals surface area contributed by atoms with Gasteiger partial charge in [-0.1, -0.05) is 20.8 Å². The standard InChI is InChI=1S/C25H40O13/c1-7-21(29)36-15-25(16-37-22(30)8-2,17-38-23(31)9-3)11-32-10-24(12-33-18(4)26,13-34-19(5)27)14-35-20(6)28/h7-17H2,1-6H3. The highest BCUT2D eigenvalue weighted by Gasteiger charge is 2.40. The minimum absolute atomic E-state index is 0.0801. The summed E-state index contributed by atoms with van der Waals surface area (Å²) < 4.78 is 37.2. The Morgan fingerprint density at radius 3 is 0.868 bits per heavy atom. The lowest BCUT2D eigenvalue weighted by atomic mass is 9.90. The first-order valence-corrected chi connectivity index (χ1v) is 12.3. The molecule has 0 bridgehead atoms. The Bertz CT molecular complexity index is 709. The lowest BCUT2D eigenvalue weighted by Gasteiger charge is -2.35. The van der Waals surface area contributed by atoms with Gasteiger partial charge >= 0.3 is 35.8 Å². The van der Waals surface area contributed by atoms with Crippen molar-refractivity contribution in [2.75, 3.05) is 52.9 Å². The van der Waals surface area contributed by atoms with Crippen molar-refractivity contribution in [1.29, 1.82) is 0 Å². The van der Waals surface area contributed by atoms with Crippen LogP contribution in [-0.4, -0.2) is 88.7 Å². The first-order chi connectivity index (χ1) is 17.8. The molecule has 218 valence electrons. The first kappa shape index (κ1) is 34.8. The molecule has 0 saturated heterocycles. The summed E-state index contributed by atoms with van der Waals surface area (Å²) in [4.78, 5) is 70.2. The number of rotatable bonds is 19. The summed E-state index contributed by atoms with van der Waals surface area (Å²) in [7, 11) is 0. The van der Waals surface area contributed by atoms with Crippen molar-refractivity contribution in [3.05, 3.63) is 0 Å². The van der Waals surface area contributed by atoms with E-state index in [1.54, 1.807) is 20.8 Å². The van der Waals surface area contributed by atoms with Crippen molar-refractivity contribution >= 4 is 35.8 Å². The maximum Gasteiger partial charge on any atom is 0.305 e. The average Bonchev–Trinajstić information content (AvgIpc) is 2.88. The molecule has 0 saturated carbocycles. The zero-order chi connectivity index (χ0) is 29.2. The molecule has 0 N–H and O–H groups in total. The highest BCUT2D eigenvalue weighted by Crippen LogP contribution is 2.26. The zero-order valence-corrected chi connectivity index (χ0v) is 23.1. The third-order valence-corrected chi connectivity index (χ3v) is 5.05. The summed E-state index contributed by atoms with van der Waals surface area (Å²) in [6.45, 7) is 5.92. The summed E-state index contributed by atoms with van der Waals surface area (Å²) in [5.41, 5.74) is -2.59. The lowest BCUT2D eigenvalue weighted by molar-refractivity contribution is -0.173. The van der Waals surface area contributed by atoms with E-state index in [1.807, 2.05) is 0 Å². The van der Waals surface area contributed by atoms with E-state index in [9.17, 15) is 28.8 Å². The molecule has 0 aromatic rings. The van der Waals surface area contributed by atoms with Crippen molar-refractivity contribution in [3.63, 3.8) is 0 Å². The number of carbonyl (C=O) groups is 6. The monoisotopic (exact) mass is 548 g/mol. The number of esters is 6. The van der Waals surface area contributed by atoms with Gasteiger partial charge in [-0.05, 0) is 0 Å². The van der Waals surface area contributed by atoms with Crippen LogP contribution < -0.4 is 0 Å². The molecular weight excluding hydrogens is 508 g/mol. The second kappa shape index (κ2) is 18.1. The molecule has 0 aromatic carbocycles. The van der Waals surface area contributed by atoms with E-state index in [0.717, 1.165) is 0 Å². The first-order valence-electron chi connectivity index (χ1n) is 12.3. The Labute approximate surface area is 222 Å². The van der Waals surface area contributed by atoms with Gasteiger partial charge in [0.05, 0.1) is 24.0 Å². The van der Waals surface area contributed by atoms with Gasteiger partial charge in [-0.15, -0.1) is 0 Å². The van der Waals surface area contributed by atoms with Gasteiger partial charge in [-0.3, -0.25) is 28.8 Å². The summed E-state index contributed by atoms with van der Waals surface area (Å²) in [5, 5.41) is 0. The second-order valence-electron chi connectivity index (χ2n) is 8.88. The van der Waals surface area contributed by atoms with Gasteiger partial charge < -0.3 is 33.2 Å². The Kier molecular flexibility index (Phi) is 16.6. The Balaban J connectivity index is 6.04. The van der Waals surface area contributed by atoms with Crippen molar-refractivity contribution in [1.82, 2.24) is 0 Å². The molecular formula is C25H40O13. The Hall–Kier alpha value is -3.22. The molecule has 0 aliphatic heterocycles. The van der Waals surface area contributed by atoms with Crippen LogP contribution in [0.2, 0.25) is 0 Å². The molecule has 0 spiro atoms. The fourth-order valence-corrected chi connectivity index (χ4v) is 2.76. The highest BCUT2D eigenvalue weighted by molar-refractivity contribution is 5.70. The van der Waals surface area contributed by atoms with E-state index in [0.29, 0.717) is 0 Å². The smallest absolute Gasteiger partial charge is 0.305 e. The molecule has 0 aromatic heterocycles. The van der Waals surface area contributed by atoms with Crippen LogP contribution >= 0.6 is 0 Å². The van der Waals surface area contributed by atoms with Gasteiger partial charge in [0.2, 0.25) is 0 Å². The molecule has 0 amide bonds. The zero-order valence-electron chi connectivity index (χ0n) is 23.1. The molecule has 0 rings (SSSR count). The molecule has 0 fully saturated rings. The molecule has 38 heavy (non-hydrogen) atoms. The van der Waals surface area contributed by atoms with Crippen molar-refractivity contribution in [3.8, 4) is 0 Å². The highest BCUT2D eigenvalue weighted by atomic mass is 16.6. The number of hydrogen-bond acceptors (Lipinski definition) is 13. The van der Waals surface area contributed by atoms with E-state index < -0.39 is 46.6 Å². The number of carbonyl (C=O) groups excluding carboxylic acids is 6. The fraction of sp³-hybridized carbons (Fsp3) is 0.760. The van der Waals surface area contributed by atoms with Crippen molar-refractivity contribution < 1.29 is 61.9 Å². The van der Waals surface area contributed by atoms with Crippen LogP contribution in [0.5, 0.6) is 0 Å². The average molecular weight is 549 g/mol. The minimum Gasteiger partial charge on any atom is -0.465 e. The van der Waals surface area contributed by atoms with Crippen LogP contribution in [0.4, 0.5) is 0 Å². The van der Waals surface area contributed by atoms with Crippen LogP contribution in [-0.2, 0) is 61.9 Å². The molecule has 0 atom stereocenters. The third-order valence-electron chi connectivity index (χ3n) is 5.05. The maximum atomic E-state index is 11.9. The van der Waals surface area contributed by atoms with Gasteiger partial charge in [0.25, 0.3) is 0 Å². The van der Waals surface area contributed by atoms with Crippen LogP contribution in [0.1, 0.15) is 60.8 Å². The lowest BCUT2D eigenvalue weighted by Crippen LogP contribution is -2.47. The molecule has 13 heteroatoms. The third kappa shape index (κ3) is 15.1. The van der Waals surface area contributed by atoms with Crippen LogP contribution in [0, 0.1) is 10.8 Å². The van der Waals surface area contributed by atoms with Crippen molar-refractivity contribution in [2.45, 2.75) is 60.8 Å². The van der Waals surface area contributed by atoms with Crippen molar-refractivity contribution in [2.24, 2.45) is 10.8 Å². The number of hydrogen-bond donors (Lipinski definition) is 0. The molecule has 0 unspecified atom stereocenters. The van der Waals surface area contributed by atoms with Crippen LogP contribution in [0.25, 0.3) is 0 Å². The van der Waals surface area contributed by atoms with Gasteiger partial charge in [-0.2, -0.15) is 0 Å². The number of ether oxygens (including phenoxy) is 7. The molecule has 0 aliphatic rings. The van der Waals surface area contributed by atoms with Gasteiger partial charge in [0, 0.05) is 40.0 Å². The molecule has 0 radical (unpaired) electrons. The van der Waals surface area contributed by atoms with E-state index in [1.165, 1.54) is 20.8 Å². The minimum atomic E-state index is -1.30. The summed E-state index contributed by atoms with van der Waals surface area (Å²) in [5.74, 6) is -3.48. The predicted octanol–water partition coefficient (Wildman–Crippen LogP) is 1.52. The maximum absolute atomic E-state index is 11.9. The fourth-order valence-electron chi connectivity index (χ4n) is 2.76. The molecule has 0 heterocycles. The van der Waals surface area contributed by atoms with E-state index in [-0.39, 0.29) is 72.1 Å². The van der Waals surface area contributed by atoms with Crippen LogP contribution in [0.15, 0.2) is 0 Å². The molecule has 13 nitrogen and oxygen atoms in total. The van der Waals surface area contributed by atoms with E-state index >= 15 is 0 Å². The summed E-state index contributed by atoms with van der Waals surface area (Å²) in [6, 6.07) is 0. The topological polar surface area (TPSA) is 167 Å². The summed E-state index contributed by atoms with van der Waals surface area (Å²) in [6.07, 6.45) is 0.240. The Morgan fingerprint density at radius 2 is 0.658 bits per heavy atom. The quantitative estimate of drug-likeness (QED) is 0.168. The summed E-state index contributed by atoms with van der Waals surface area (Å²) >= 11 is 0. The van der Waals surface area contributed by atoms with E-state index in [4.69, 9.17) is 33.2 Å². The van der Waals surface area contributed by atoms with Gasteiger partial charge in [0.15, 0.2) is 0 Å². The second-order valence-corrected chi connectivity index (χ2v) is 8.88. The SMILES string of the molecule is CCC(=O)OCC(COCC(COC(C)=O)(COC(C)=O)COC(C)=O)(COC(=O)CC)COC(=O)CC. The largest absolute Gasteiger partial charge is 0.465 e. The Morgan fingerprint density at radius 1 is 0.421 bits per heavy atom. The van der Waals surface area contributed by atoms with Gasteiger partial charge in [0.1, 0.15) is 39.6 Å². The van der Waals surface area contributed by atoms with Gasteiger partial charge in [-0.25, -0.2) is 0 Å².